The van der Waals surface area contributed by atoms with E-state index in [4.69, 9.17) is 15.6 Å². The summed E-state index contributed by atoms with van der Waals surface area (Å²) in [4.78, 5) is 12.4. The molecule has 4 heteroatoms. The number of nitrogens with one attached hydrogen (secondary N) is 1. The first-order valence-corrected chi connectivity index (χ1v) is 6.65. The zero-order valence-electron chi connectivity index (χ0n) is 11.8. The largest absolute Gasteiger partial charge is 0.481 e. The summed E-state index contributed by atoms with van der Waals surface area (Å²) < 4.78 is 0. The molecule has 4 N–H and O–H groups in total. The predicted molar refractivity (Wildman–Crippen MR) is 85.3 cm³/mol. The Labute approximate surface area is 123 Å². The second-order valence-electron chi connectivity index (χ2n) is 4.82. The lowest BCUT2D eigenvalue weighted by Gasteiger charge is -1.99. The maximum absolute atomic E-state index is 9.00. The fourth-order valence-electron chi connectivity index (χ4n) is 2.08. The highest BCUT2D eigenvalue weighted by molar-refractivity contribution is 5.80. The number of hydrogen-bond acceptors (Lipinski definition) is 2. The highest BCUT2D eigenvalue weighted by Crippen LogP contribution is 2.17. The Kier molecular flexibility index (Phi) is 4.61. The first-order chi connectivity index (χ1) is 10.0. The number of aromatic amines is 1. The summed E-state index contributed by atoms with van der Waals surface area (Å²) in [6, 6.07) is 18.6. The van der Waals surface area contributed by atoms with E-state index in [9.17, 15) is 0 Å². The number of carboxylic acids is 1. The zero-order chi connectivity index (χ0) is 15.2. The number of rotatable bonds is 2. The second-order valence-corrected chi connectivity index (χ2v) is 4.82. The third-order valence-electron chi connectivity index (χ3n) is 2.96. The Morgan fingerprint density at radius 1 is 1.14 bits per heavy atom. The van der Waals surface area contributed by atoms with Crippen molar-refractivity contribution in [3.63, 3.8) is 0 Å². The molecule has 2 aromatic carbocycles. The van der Waals surface area contributed by atoms with Crippen molar-refractivity contribution in [2.24, 2.45) is 0 Å². The minimum Gasteiger partial charge on any atom is -0.481 e. The first kappa shape index (κ1) is 14.7. The minimum absolute atomic E-state index is 0.811. The molecule has 0 fully saturated rings. The van der Waals surface area contributed by atoms with Crippen LogP contribution in [0.25, 0.3) is 10.9 Å². The summed E-state index contributed by atoms with van der Waals surface area (Å²) in [6.45, 7) is 1.08. The molecular weight excluding hydrogens is 264 g/mol. The van der Waals surface area contributed by atoms with Crippen molar-refractivity contribution in [1.29, 1.82) is 0 Å². The van der Waals surface area contributed by atoms with E-state index >= 15 is 0 Å². The van der Waals surface area contributed by atoms with E-state index in [2.05, 4.69) is 41.4 Å². The summed E-state index contributed by atoms with van der Waals surface area (Å²) >= 11 is 0. The third-order valence-corrected chi connectivity index (χ3v) is 2.96. The summed E-state index contributed by atoms with van der Waals surface area (Å²) in [5.41, 5.74) is 10.2. The highest BCUT2D eigenvalue weighted by Gasteiger charge is 2.01. The van der Waals surface area contributed by atoms with Crippen LogP contribution in [0.5, 0.6) is 0 Å². The Morgan fingerprint density at radius 3 is 2.38 bits per heavy atom. The molecule has 4 nitrogen and oxygen atoms in total. The van der Waals surface area contributed by atoms with E-state index < -0.39 is 5.97 Å². The molecule has 3 rings (SSSR count). The lowest BCUT2D eigenvalue weighted by molar-refractivity contribution is -0.134. The van der Waals surface area contributed by atoms with Crippen LogP contribution in [0.15, 0.2) is 54.6 Å². The predicted octanol–water partition coefficient (Wildman–Crippen LogP) is 3.43. The number of hydrogen-bond donors (Lipinski definition) is 3. The molecule has 0 aliphatic heterocycles. The molecule has 0 bridgehead atoms. The first-order valence-electron chi connectivity index (χ1n) is 6.65. The summed E-state index contributed by atoms with van der Waals surface area (Å²) in [5, 5.41) is 8.68. The van der Waals surface area contributed by atoms with Gasteiger partial charge in [0.2, 0.25) is 0 Å². The molecule has 21 heavy (non-hydrogen) atoms. The number of benzene rings is 2. The normalized spacial score (nSPS) is 9.95. The van der Waals surface area contributed by atoms with Gasteiger partial charge in [-0.2, -0.15) is 0 Å². The average Bonchev–Trinajstić information content (AvgIpc) is 2.83. The van der Waals surface area contributed by atoms with Crippen LogP contribution in [0.1, 0.15) is 18.2 Å². The molecule has 0 saturated heterocycles. The molecular formula is C17H18N2O2. The third kappa shape index (κ3) is 4.38. The molecule has 0 aliphatic rings. The molecule has 0 saturated carbocycles. The molecule has 0 unspecified atom stereocenters. The average molecular weight is 282 g/mol. The Morgan fingerprint density at radius 2 is 1.76 bits per heavy atom. The Balaban J connectivity index is 0.000000361. The van der Waals surface area contributed by atoms with Crippen LogP contribution in [0, 0.1) is 0 Å². The van der Waals surface area contributed by atoms with E-state index in [1.165, 1.54) is 22.2 Å². The van der Waals surface area contributed by atoms with E-state index in [0.717, 1.165) is 19.0 Å². The number of aliphatic carboxylic acids is 1. The van der Waals surface area contributed by atoms with Gasteiger partial charge >= 0.3 is 0 Å². The smallest absolute Gasteiger partial charge is 0.300 e. The van der Waals surface area contributed by atoms with E-state index in [1.807, 2.05) is 18.2 Å². The van der Waals surface area contributed by atoms with Crippen LogP contribution < -0.4 is 5.73 Å². The van der Waals surface area contributed by atoms with Crippen LogP contribution >= 0.6 is 0 Å². The second kappa shape index (κ2) is 6.61. The fraction of sp³-hybridized carbons (Fsp3) is 0.118. The van der Waals surface area contributed by atoms with Gasteiger partial charge in [0.15, 0.2) is 0 Å². The van der Waals surface area contributed by atoms with Crippen molar-refractivity contribution in [3.05, 3.63) is 65.9 Å². The van der Waals surface area contributed by atoms with Crippen molar-refractivity contribution < 1.29 is 9.90 Å². The molecule has 0 spiro atoms. The number of aromatic nitrogens is 1. The molecule has 1 aromatic heterocycles. The topological polar surface area (TPSA) is 79.1 Å². The lowest BCUT2D eigenvalue weighted by Crippen LogP contribution is -1.89. The van der Waals surface area contributed by atoms with Crippen LogP contribution in [-0.4, -0.2) is 16.1 Å². The van der Waals surface area contributed by atoms with Gasteiger partial charge in [0, 0.05) is 30.2 Å². The van der Waals surface area contributed by atoms with Crippen LogP contribution in [0.4, 0.5) is 5.69 Å². The molecule has 0 atom stereocenters. The van der Waals surface area contributed by atoms with Gasteiger partial charge in [-0.1, -0.05) is 30.3 Å². The number of fused-ring (bicyclic) bond motifs is 1. The summed E-state index contributed by atoms with van der Waals surface area (Å²) in [6.07, 6.45) is 0.912. The quantitative estimate of drug-likeness (QED) is 0.630. The number of anilines is 1. The van der Waals surface area contributed by atoms with Gasteiger partial charge in [-0.3, -0.25) is 4.79 Å². The van der Waals surface area contributed by atoms with Crippen molar-refractivity contribution in [2.45, 2.75) is 13.3 Å². The molecule has 1 heterocycles. The maximum atomic E-state index is 9.00. The monoisotopic (exact) mass is 282 g/mol. The van der Waals surface area contributed by atoms with Gasteiger partial charge in [0.05, 0.1) is 0 Å². The van der Waals surface area contributed by atoms with Crippen molar-refractivity contribution in [1.82, 2.24) is 4.98 Å². The van der Waals surface area contributed by atoms with Crippen molar-refractivity contribution in [3.8, 4) is 0 Å². The number of carbonyl (C=O) groups is 1. The van der Waals surface area contributed by atoms with Crippen molar-refractivity contribution in [2.75, 3.05) is 5.73 Å². The van der Waals surface area contributed by atoms with Gasteiger partial charge < -0.3 is 15.8 Å². The standard InChI is InChI=1S/C15H14N2.C2H4O2/c16-13-7-5-11(6-8-13)9-14-10-12-3-1-2-4-15(12)17-14;1-2(3)4/h1-8,10,17H,9,16H2;1H3,(H,3,4). The van der Waals surface area contributed by atoms with Gasteiger partial charge in [-0.25, -0.2) is 0 Å². The zero-order valence-corrected chi connectivity index (χ0v) is 11.8. The SMILES string of the molecule is CC(=O)O.Nc1ccc(Cc2cc3ccccc3[nH]2)cc1. The van der Waals surface area contributed by atoms with Gasteiger partial charge in [-0.15, -0.1) is 0 Å². The molecule has 0 aliphatic carbocycles. The Hall–Kier alpha value is -2.75. The fourth-order valence-corrected chi connectivity index (χ4v) is 2.08. The molecule has 0 amide bonds. The van der Waals surface area contributed by atoms with Gasteiger partial charge in [0.1, 0.15) is 0 Å². The number of nitrogens with two attached hydrogens (primary N) is 1. The molecule has 3 aromatic rings. The lowest BCUT2D eigenvalue weighted by atomic mass is 10.1. The number of carboxylic acid groups (broad SMARTS) is 1. The number of para-hydroxylation sites is 1. The van der Waals surface area contributed by atoms with E-state index in [0.29, 0.717) is 0 Å². The molecule has 108 valence electrons. The summed E-state index contributed by atoms with van der Waals surface area (Å²) in [7, 11) is 0. The van der Waals surface area contributed by atoms with Crippen molar-refractivity contribution >= 4 is 22.6 Å². The van der Waals surface area contributed by atoms with Gasteiger partial charge in [-0.05, 0) is 35.2 Å². The maximum Gasteiger partial charge on any atom is 0.300 e. The van der Waals surface area contributed by atoms with Crippen LogP contribution in [0.3, 0.4) is 0 Å². The van der Waals surface area contributed by atoms with Gasteiger partial charge in [0.25, 0.3) is 5.97 Å². The summed E-state index contributed by atoms with van der Waals surface area (Å²) in [5.74, 6) is -0.833. The molecule has 0 radical (unpaired) electrons. The minimum atomic E-state index is -0.833. The number of nitrogen functional groups attached to an aromatic ring is 1. The van der Waals surface area contributed by atoms with E-state index in [1.54, 1.807) is 0 Å². The van der Waals surface area contributed by atoms with Crippen LogP contribution in [-0.2, 0) is 11.2 Å². The Bertz CT molecular complexity index is 693. The van der Waals surface area contributed by atoms with E-state index in [-0.39, 0.29) is 0 Å². The highest BCUT2D eigenvalue weighted by atomic mass is 16.4. The van der Waals surface area contributed by atoms with Crippen LogP contribution in [0.2, 0.25) is 0 Å². The number of H-pyrrole nitrogens is 1.